The number of carbonyl (C=O) groups excluding carboxylic acids is 2. The Hall–Kier alpha value is -2.09. The molecule has 23 heavy (non-hydrogen) atoms. The van der Waals surface area contributed by atoms with Crippen LogP contribution in [0.25, 0.3) is 0 Å². The molecule has 126 valence electrons. The van der Waals surface area contributed by atoms with E-state index in [4.69, 9.17) is 0 Å². The first-order valence-electron chi connectivity index (χ1n) is 7.27. The van der Waals surface area contributed by atoms with Crippen molar-refractivity contribution in [2.24, 2.45) is 0 Å². The van der Waals surface area contributed by atoms with Crippen LogP contribution in [0, 0.1) is 0 Å². The van der Waals surface area contributed by atoms with Gasteiger partial charge in [-0.15, -0.1) is 0 Å². The second-order valence-corrected chi connectivity index (χ2v) is 5.36. The van der Waals surface area contributed by atoms with E-state index >= 15 is 0 Å². The number of carbonyl (C=O) groups is 2. The third-order valence-electron chi connectivity index (χ3n) is 3.68. The first kappa shape index (κ1) is 17.3. The molecule has 1 aliphatic heterocycles. The summed E-state index contributed by atoms with van der Waals surface area (Å²) in [6.45, 7) is 3.14. The van der Waals surface area contributed by atoms with Crippen molar-refractivity contribution >= 4 is 18.0 Å². The smallest absolute Gasteiger partial charge is 0.343 e. The Labute approximate surface area is 132 Å². The highest BCUT2D eigenvalue weighted by Crippen LogP contribution is 2.30. The van der Waals surface area contributed by atoms with Gasteiger partial charge in [0.15, 0.2) is 0 Å². The van der Waals surface area contributed by atoms with Crippen LogP contribution in [-0.4, -0.2) is 54.8 Å². The van der Waals surface area contributed by atoms with E-state index in [0.717, 1.165) is 18.5 Å². The van der Waals surface area contributed by atoms with Gasteiger partial charge < -0.3 is 10.2 Å². The zero-order valence-electron chi connectivity index (χ0n) is 12.5. The second kappa shape index (κ2) is 7.45. The van der Waals surface area contributed by atoms with Gasteiger partial charge in [0, 0.05) is 44.8 Å². The number of rotatable bonds is 5. The van der Waals surface area contributed by atoms with E-state index in [0.29, 0.717) is 32.7 Å². The van der Waals surface area contributed by atoms with Gasteiger partial charge >= 0.3 is 6.18 Å². The molecule has 8 heteroatoms. The monoisotopic (exact) mass is 329 g/mol. The SMILES string of the molecule is O=CN1CCN(CCC(=O)Nc2cccc(C(F)(F)F)c2)CC1. The van der Waals surface area contributed by atoms with Crippen LogP contribution in [0.4, 0.5) is 18.9 Å². The molecule has 5 nitrogen and oxygen atoms in total. The molecule has 1 fully saturated rings. The number of anilines is 1. The molecule has 2 amide bonds. The molecular weight excluding hydrogens is 311 g/mol. The summed E-state index contributed by atoms with van der Waals surface area (Å²) in [4.78, 5) is 26.2. The van der Waals surface area contributed by atoms with Gasteiger partial charge in [-0.05, 0) is 18.2 Å². The summed E-state index contributed by atoms with van der Waals surface area (Å²) < 4.78 is 37.8. The van der Waals surface area contributed by atoms with Gasteiger partial charge in [-0.2, -0.15) is 13.2 Å². The molecular formula is C15H18F3N3O2. The fourth-order valence-electron chi connectivity index (χ4n) is 2.35. The lowest BCUT2D eigenvalue weighted by Crippen LogP contribution is -2.46. The maximum atomic E-state index is 12.6. The fraction of sp³-hybridized carbons (Fsp3) is 0.467. The fourth-order valence-corrected chi connectivity index (χ4v) is 2.35. The summed E-state index contributed by atoms with van der Waals surface area (Å²) in [7, 11) is 0. The van der Waals surface area contributed by atoms with Gasteiger partial charge in [-0.25, -0.2) is 0 Å². The van der Waals surface area contributed by atoms with Crippen LogP contribution < -0.4 is 5.32 Å². The van der Waals surface area contributed by atoms with Gasteiger partial charge in [0.2, 0.25) is 12.3 Å². The topological polar surface area (TPSA) is 52.7 Å². The van der Waals surface area contributed by atoms with Crippen molar-refractivity contribution < 1.29 is 22.8 Å². The summed E-state index contributed by atoms with van der Waals surface area (Å²) in [5.74, 6) is -0.331. The predicted molar refractivity (Wildman–Crippen MR) is 78.8 cm³/mol. The third kappa shape index (κ3) is 5.24. The number of amides is 2. The highest BCUT2D eigenvalue weighted by molar-refractivity contribution is 5.90. The second-order valence-electron chi connectivity index (χ2n) is 5.36. The zero-order valence-corrected chi connectivity index (χ0v) is 12.5. The number of alkyl halides is 3. The Balaban J connectivity index is 1.80. The summed E-state index contributed by atoms with van der Waals surface area (Å²) in [5, 5.41) is 2.48. The first-order chi connectivity index (χ1) is 10.9. The van der Waals surface area contributed by atoms with Gasteiger partial charge in [0.1, 0.15) is 0 Å². The molecule has 1 N–H and O–H groups in total. The molecule has 2 rings (SSSR count). The van der Waals surface area contributed by atoms with E-state index in [1.807, 2.05) is 4.90 Å². The highest BCUT2D eigenvalue weighted by Gasteiger charge is 2.30. The molecule has 0 radical (unpaired) electrons. The number of benzene rings is 1. The Bertz CT molecular complexity index is 555. The molecule has 0 aromatic heterocycles. The molecule has 1 aromatic rings. The van der Waals surface area contributed by atoms with Crippen molar-refractivity contribution in [1.29, 1.82) is 0 Å². The van der Waals surface area contributed by atoms with Crippen LogP contribution in [0.5, 0.6) is 0 Å². The van der Waals surface area contributed by atoms with E-state index in [2.05, 4.69) is 5.32 Å². The Morgan fingerprint density at radius 2 is 1.91 bits per heavy atom. The van der Waals surface area contributed by atoms with Crippen molar-refractivity contribution in [3.8, 4) is 0 Å². The third-order valence-corrected chi connectivity index (χ3v) is 3.68. The van der Waals surface area contributed by atoms with Gasteiger partial charge in [-0.1, -0.05) is 6.07 Å². The Morgan fingerprint density at radius 1 is 1.22 bits per heavy atom. The quantitative estimate of drug-likeness (QED) is 0.838. The van der Waals surface area contributed by atoms with E-state index < -0.39 is 11.7 Å². The molecule has 1 heterocycles. The van der Waals surface area contributed by atoms with Crippen molar-refractivity contribution in [2.75, 3.05) is 38.0 Å². The van der Waals surface area contributed by atoms with E-state index in [1.165, 1.54) is 12.1 Å². The van der Waals surface area contributed by atoms with E-state index in [9.17, 15) is 22.8 Å². The van der Waals surface area contributed by atoms with E-state index in [1.54, 1.807) is 4.90 Å². The lowest BCUT2D eigenvalue weighted by atomic mass is 10.2. The standard InChI is InChI=1S/C15H18F3N3O2/c16-15(17,18)12-2-1-3-13(10-12)19-14(23)4-5-20-6-8-21(11-22)9-7-20/h1-3,10-11H,4-9H2,(H,19,23). The largest absolute Gasteiger partial charge is 0.416 e. The van der Waals surface area contributed by atoms with Crippen molar-refractivity contribution in [2.45, 2.75) is 12.6 Å². The summed E-state index contributed by atoms with van der Waals surface area (Å²) in [6.07, 6.45) is -3.44. The van der Waals surface area contributed by atoms with Crippen LogP contribution in [0.3, 0.4) is 0 Å². The minimum atomic E-state index is -4.43. The van der Waals surface area contributed by atoms with Gasteiger partial charge in [-0.3, -0.25) is 14.5 Å². The molecule has 0 unspecified atom stereocenters. The Kier molecular flexibility index (Phi) is 5.59. The predicted octanol–water partition coefficient (Wildman–Crippen LogP) is 1.81. The van der Waals surface area contributed by atoms with Crippen LogP contribution in [0.15, 0.2) is 24.3 Å². The zero-order chi connectivity index (χ0) is 16.9. The number of piperazine rings is 1. The van der Waals surface area contributed by atoms with Gasteiger partial charge in [0.25, 0.3) is 0 Å². The number of halogens is 3. The average Bonchev–Trinajstić information content (AvgIpc) is 2.53. The minimum absolute atomic E-state index is 0.135. The maximum absolute atomic E-state index is 12.6. The molecule has 1 aromatic carbocycles. The summed E-state index contributed by atoms with van der Waals surface area (Å²) >= 11 is 0. The normalized spacial score (nSPS) is 16.2. The molecule has 1 saturated heterocycles. The number of nitrogens with zero attached hydrogens (tertiary/aromatic N) is 2. The van der Waals surface area contributed by atoms with Crippen molar-refractivity contribution in [3.63, 3.8) is 0 Å². The maximum Gasteiger partial charge on any atom is 0.416 e. The van der Waals surface area contributed by atoms with Crippen molar-refractivity contribution in [3.05, 3.63) is 29.8 Å². The molecule has 0 spiro atoms. The summed E-state index contributed by atoms with van der Waals surface area (Å²) in [6, 6.07) is 4.57. The van der Waals surface area contributed by atoms with Crippen LogP contribution in [-0.2, 0) is 15.8 Å². The number of nitrogens with one attached hydrogen (secondary N) is 1. The molecule has 0 bridgehead atoms. The highest BCUT2D eigenvalue weighted by atomic mass is 19.4. The molecule has 0 atom stereocenters. The summed E-state index contributed by atoms with van der Waals surface area (Å²) in [5.41, 5.74) is -0.657. The molecule has 1 aliphatic rings. The van der Waals surface area contributed by atoms with Crippen LogP contribution in [0.1, 0.15) is 12.0 Å². The van der Waals surface area contributed by atoms with E-state index in [-0.39, 0.29) is 18.0 Å². The lowest BCUT2D eigenvalue weighted by Gasteiger charge is -2.32. The average molecular weight is 329 g/mol. The first-order valence-corrected chi connectivity index (χ1v) is 7.27. The number of hydrogen-bond acceptors (Lipinski definition) is 3. The van der Waals surface area contributed by atoms with Gasteiger partial charge in [0.05, 0.1) is 5.56 Å². The number of hydrogen-bond donors (Lipinski definition) is 1. The van der Waals surface area contributed by atoms with Crippen LogP contribution >= 0.6 is 0 Å². The molecule has 0 saturated carbocycles. The Morgan fingerprint density at radius 3 is 2.52 bits per heavy atom. The molecule has 0 aliphatic carbocycles. The van der Waals surface area contributed by atoms with Crippen LogP contribution in [0.2, 0.25) is 0 Å². The lowest BCUT2D eigenvalue weighted by molar-refractivity contribution is -0.137. The van der Waals surface area contributed by atoms with Crippen molar-refractivity contribution in [1.82, 2.24) is 9.80 Å². The minimum Gasteiger partial charge on any atom is -0.343 e.